The zero-order valence-corrected chi connectivity index (χ0v) is 14.9. The Balaban J connectivity index is 0.00000441. The number of halogens is 4. The normalized spacial score (nSPS) is 11.8. The molecular formula is C14H21F3IN3O. The van der Waals surface area contributed by atoms with Gasteiger partial charge in [-0.1, -0.05) is 18.2 Å². The third kappa shape index (κ3) is 7.19. The Morgan fingerprint density at radius 3 is 2.36 bits per heavy atom. The Hall–Kier alpha value is -1.19. The number of rotatable bonds is 6. The van der Waals surface area contributed by atoms with E-state index in [0.29, 0.717) is 24.5 Å². The summed E-state index contributed by atoms with van der Waals surface area (Å²) >= 11 is 0. The number of hydrogen-bond donors (Lipinski definition) is 1. The largest absolute Gasteiger partial charge is 0.573 e. The fourth-order valence-corrected chi connectivity index (χ4v) is 1.87. The fourth-order valence-electron chi connectivity index (χ4n) is 1.87. The van der Waals surface area contributed by atoms with E-state index in [1.165, 1.54) is 12.1 Å². The van der Waals surface area contributed by atoms with E-state index in [0.717, 1.165) is 13.1 Å². The average Bonchev–Trinajstić information content (AvgIpc) is 2.40. The van der Waals surface area contributed by atoms with Gasteiger partial charge in [-0.2, -0.15) is 0 Å². The maximum absolute atomic E-state index is 12.3. The monoisotopic (exact) mass is 431 g/mol. The Kier molecular flexibility index (Phi) is 9.22. The van der Waals surface area contributed by atoms with Crippen molar-refractivity contribution in [3.63, 3.8) is 0 Å². The van der Waals surface area contributed by atoms with Gasteiger partial charge in [0.25, 0.3) is 0 Å². The van der Waals surface area contributed by atoms with E-state index in [-0.39, 0.29) is 29.7 Å². The summed E-state index contributed by atoms with van der Waals surface area (Å²) in [4.78, 5) is 6.06. The molecule has 0 unspecified atom stereocenters. The summed E-state index contributed by atoms with van der Waals surface area (Å²) in [6.45, 7) is 5.69. The standard InChI is InChI=1S/C14H20F3N3O.HI/c1-3-20(4-2)13(18)19-10-9-11-7-5-6-8-12(11)21-14(15,16)17;/h5-8H,3-4,9-10H2,1-2H3,(H2,18,19);1H. The van der Waals surface area contributed by atoms with E-state index in [1.54, 1.807) is 12.1 Å². The number of benzene rings is 1. The minimum atomic E-state index is -4.69. The second-order valence-electron chi connectivity index (χ2n) is 4.32. The first-order valence-corrected chi connectivity index (χ1v) is 6.75. The number of nitrogens with zero attached hydrogens (tertiary/aromatic N) is 2. The first kappa shape index (κ1) is 20.8. The highest BCUT2D eigenvalue weighted by Crippen LogP contribution is 2.26. The van der Waals surface area contributed by atoms with E-state index in [2.05, 4.69) is 9.73 Å². The molecule has 0 saturated heterocycles. The molecule has 126 valence electrons. The second kappa shape index (κ2) is 9.75. The molecule has 0 amide bonds. The minimum Gasteiger partial charge on any atom is -0.406 e. The summed E-state index contributed by atoms with van der Waals surface area (Å²) in [5.74, 6) is 0.204. The van der Waals surface area contributed by atoms with Crippen LogP contribution in [0.5, 0.6) is 5.75 Å². The van der Waals surface area contributed by atoms with E-state index in [1.807, 2.05) is 18.7 Å². The van der Waals surface area contributed by atoms with Gasteiger partial charge in [0, 0.05) is 19.6 Å². The third-order valence-corrected chi connectivity index (χ3v) is 2.94. The van der Waals surface area contributed by atoms with Crippen LogP contribution < -0.4 is 10.5 Å². The Morgan fingerprint density at radius 1 is 1.23 bits per heavy atom. The second-order valence-corrected chi connectivity index (χ2v) is 4.32. The molecule has 1 rings (SSSR count). The van der Waals surface area contributed by atoms with Gasteiger partial charge in [-0.25, -0.2) is 0 Å². The smallest absolute Gasteiger partial charge is 0.406 e. The molecule has 0 bridgehead atoms. The summed E-state index contributed by atoms with van der Waals surface area (Å²) in [5.41, 5.74) is 6.26. The fraction of sp³-hybridized carbons (Fsp3) is 0.500. The molecule has 0 saturated carbocycles. The van der Waals surface area contributed by atoms with Gasteiger partial charge in [0.1, 0.15) is 5.75 Å². The molecule has 0 heterocycles. The molecule has 0 aliphatic rings. The van der Waals surface area contributed by atoms with Crippen LogP contribution in [0.4, 0.5) is 13.2 Å². The van der Waals surface area contributed by atoms with Crippen molar-refractivity contribution in [1.82, 2.24) is 4.90 Å². The molecule has 0 radical (unpaired) electrons. The van der Waals surface area contributed by atoms with Crippen LogP contribution in [-0.2, 0) is 6.42 Å². The maximum Gasteiger partial charge on any atom is 0.573 e. The molecule has 0 spiro atoms. The SMILES string of the molecule is CCN(CC)C(N)=NCCc1ccccc1OC(F)(F)F.I. The van der Waals surface area contributed by atoms with Crippen LogP contribution in [0.1, 0.15) is 19.4 Å². The van der Waals surface area contributed by atoms with Crippen molar-refractivity contribution < 1.29 is 17.9 Å². The number of alkyl halides is 3. The van der Waals surface area contributed by atoms with Crippen LogP contribution in [0.2, 0.25) is 0 Å². The van der Waals surface area contributed by atoms with Gasteiger partial charge in [0.2, 0.25) is 0 Å². The highest BCUT2D eigenvalue weighted by Gasteiger charge is 2.31. The number of nitrogens with two attached hydrogens (primary N) is 1. The molecule has 1 aromatic carbocycles. The molecule has 22 heavy (non-hydrogen) atoms. The van der Waals surface area contributed by atoms with Gasteiger partial charge in [-0.05, 0) is 31.9 Å². The lowest BCUT2D eigenvalue weighted by atomic mass is 10.1. The molecule has 0 aliphatic carbocycles. The number of aliphatic imine (C=N–C) groups is 1. The maximum atomic E-state index is 12.3. The first-order valence-electron chi connectivity index (χ1n) is 6.75. The lowest BCUT2D eigenvalue weighted by Gasteiger charge is -2.19. The Morgan fingerprint density at radius 2 is 1.82 bits per heavy atom. The summed E-state index contributed by atoms with van der Waals surface area (Å²) < 4.78 is 40.9. The number of ether oxygens (including phenoxy) is 1. The van der Waals surface area contributed by atoms with Crippen molar-refractivity contribution in [2.24, 2.45) is 10.7 Å². The van der Waals surface area contributed by atoms with Crippen molar-refractivity contribution in [2.75, 3.05) is 19.6 Å². The van der Waals surface area contributed by atoms with Crippen LogP contribution in [0, 0.1) is 0 Å². The van der Waals surface area contributed by atoms with Gasteiger partial charge >= 0.3 is 6.36 Å². The number of hydrogen-bond acceptors (Lipinski definition) is 2. The van der Waals surface area contributed by atoms with Crippen LogP contribution in [0.3, 0.4) is 0 Å². The molecule has 0 atom stereocenters. The molecule has 1 aromatic rings. The number of para-hydroxylation sites is 1. The van der Waals surface area contributed by atoms with Crippen molar-refractivity contribution in [1.29, 1.82) is 0 Å². The van der Waals surface area contributed by atoms with E-state index in [9.17, 15) is 13.2 Å². The molecule has 0 aliphatic heterocycles. The zero-order valence-electron chi connectivity index (χ0n) is 12.6. The van der Waals surface area contributed by atoms with Gasteiger partial charge in [0.15, 0.2) is 5.96 Å². The van der Waals surface area contributed by atoms with E-state index >= 15 is 0 Å². The quantitative estimate of drug-likeness (QED) is 0.427. The van der Waals surface area contributed by atoms with Crippen LogP contribution in [0.15, 0.2) is 29.3 Å². The lowest BCUT2D eigenvalue weighted by molar-refractivity contribution is -0.274. The van der Waals surface area contributed by atoms with E-state index < -0.39 is 6.36 Å². The molecular weight excluding hydrogens is 410 g/mol. The van der Waals surface area contributed by atoms with E-state index in [4.69, 9.17) is 5.73 Å². The highest BCUT2D eigenvalue weighted by molar-refractivity contribution is 14.0. The summed E-state index contributed by atoms with van der Waals surface area (Å²) in [7, 11) is 0. The third-order valence-electron chi connectivity index (χ3n) is 2.94. The predicted molar refractivity (Wildman–Crippen MR) is 91.7 cm³/mol. The highest BCUT2D eigenvalue weighted by atomic mass is 127. The van der Waals surface area contributed by atoms with Crippen molar-refractivity contribution in [2.45, 2.75) is 26.6 Å². The Bertz CT molecular complexity index is 477. The van der Waals surface area contributed by atoms with Crippen molar-refractivity contribution in [3.05, 3.63) is 29.8 Å². The lowest BCUT2D eigenvalue weighted by Crippen LogP contribution is -2.37. The summed E-state index contributed by atoms with van der Waals surface area (Å²) in [6.07, 6.45) is -4.37. The topological polar surface area (TPSA) is 50.8 Å². The molecule has 2 N–H and O–H groups in total. The van der Waals surface area contributed by atoms with Crippen LogP contribution in [-0.4, -0.2) is 36.9 Å². The zero-order chi connectivity index (χ0) is 15.9. The summed E-state index contributed by atoms with van der Waals surface area (Å²) in [5, 5.41) is 0. The van der Waals surface area contributed by atoms with Crippen molar-refractivity contribution in [3.8, 4) is 5.75 Å². The van der Waals surface area contributed by atoms with Crippen LogP contribution in [0.25, 0.3) is 0 Å². The van der Waals surface area contributed by atoms with Gasteiger partial charge in [-0.3, -0.25) is 4.99 Å². The van der Waals surface area contributed by atoms with Gasteiger partial charge < -0.3 is 15.4 Å². The Labute approximate surface area is 145 Å². The molecule has 0 fully saturated rings. The number of guanidine groups is 1. The predicted octanol–water partition coefficient (Wildman–Crippen LogP) is 3.40. The van der Waals surface area contributed by atoms with Crippen LogP contribution >= 0.6 is 24.0 Å². The average molecular weight is 431 g/mol. The van der Waals surface area contributed by atoms with Gasteiger partial charge in [-0.15, -0.1) is 37.1 Å². The minimum absolute atomic E-state index is 0. The molecule has 8 heteroatoms. The molecule has 0 aromatic heterocycles. The van der Waals surface area contributed by atoms with Gasteiger partial charge in [0.05, 0.1) is 0 Å². The molecule has 4 nitrogen and oxygen atoms in total. The summed E-state index contributed by atoms with van der Waals surface area (Å²) in [6, 6.07) is 6.04. The van der Waals surface area contributed by atoms with Crippen molar-refractivity contribution >= 4 is 29.9 Å². The first-order chi connectivity index (χ1) is 9.87.